The van der Waals surface area contributed by atoms with Crippen LogP contribution in [0, 0.1) is 0 Å². The molecular weight excluding hydrogens is 270 g/mol. The molecular formula is C11H18ClN5O2. The molecule has 8 heteroatoms. The van der Waals surface area contributed by atoms with Crippen LogP contribution in [-0.2, 0) is 4.79 Å². The Morgan fingerprint density at radius 3 is 2.63 bits per heavy atom. The number of carbonyl (C=O) groups excluding carboxylic acids is 1. The lowest BCUT2D eigenvalue weighted by Crippen LogP contribution is -2.38. The fourth-order valence-electron chi connectivity index (χ4n) is 1.41. The first-order valence-electron chi connectivity index (χ1n) is 6.16. The number of likely N-dealkylation sites (N-methyl/N-ethyl adjacent to an activating group) is 2. The van der Waals surface area contributed by atoms with Crippen LogP contribution in [0.15, 0.2) is 0 Å². The highest BCUT2D eigenvalue weighted by atomic mass is 35.5. The standard InChI is InChI=1S/C11H18ClN5O2/c1-4-13-8(18)7-17(5-2)10-14-9(12)15-11(16-10)19-6-3/h4-7H2,1-3H3,(H,13,18). The zero-order valence-electron chi connectivity index (χ0n) is 11.3. The Morgan fingerprint density at radius 1 is 1.32 bits per heavy atom. The van der Waals surface area contributed by atoms with Crippen molar-refractivity contribution >= 4 is 23.5 Å². The molecule has 0 aliphatic heterocycles. The highest BCUT2D eigenvalue weighted by Crippen LogP contribution is 2.14. The molecule has 1 aromatic rings. The van der Waals surface area contributed by atoms with Gasteiger partial charge in [-0.05, 0) is 32.4 Å². The molecule has 106 valence electrons. The maximum Gasteiger partial charge on any atom is 0.322 e. The Kier molecular flexibility index (Phi) is 6.27. The Hall–Kier alpha value is -1.63. The Balaban J connectivity index is 2.87. The summed E-state index contributed by atoms with van der Waals surface area (Å²) in [6.07, 6.45) is 0. The van der Waals surface area contributed by atoms with Gasteiger partial charge in [0, 0.05) is 13.1 Å². The van der Waals surface area contributed by atoms with Crippen molar-refractivity contribution in [2.24, 2.45) is 0 Å². The van der Waals surface area contributed by atoms with E-state index in [-0.39, 0.29) is 23.7 Å². The average molecular weight is 288 g/mol. The second-order valence-electron chi connectivity index (χ2n) is 3.59. The van der Waals surface area contributed by atoms with Gasteiger partial charge in [-0.15, -0.1) is 0 Å². The Labute approximate surface area is 117 Å². The summed E-state index contributed by atoms with van der Waals surface area (Å²) < 4.78 is 5.20. The number of halogens is 1. The molecule has 0 aromatic carbocycles. The maximum absolute atomic E-state index is 11.6. The van der Waals surface area contributed by atoms with Crippen LogP contribution < -0.4 is 15.0 Å². The predicted molar refractivity (Wildman–Crippen MR) is 72.6 cm³/mol. The van der Waals surface area contributed by atoms with Crippen LogP contribution in [0.5, 0.6) is 6.01 Å². The van der Waals surface area contributed by atoms with Gasteiger partial charge in [0.25, 0.3) is 0 Å². The lowest BCUT2D eigenvalue weighted by atomic mass is 10.4. The van der Waals surface area contributed by atoms with E-state index in [1.54, 1.807) is 4.90 Å². The van der Waals surface area contributed by atoms with Gasteiger partial charge in [-0.1, -0.05) is 0 Å². The Morgan fingerprint density at radius 2 is 2.05 bits per heavy atom. The number of carbonyl (C=O) groups is 1. The number of nitrogens with one attached hydrogen (secondary N) is 1. The van der Waals surface area contributed by atoms with E-state index in [9.17, 15) is 4.79 Å². The molecule has 7 nitrogen and oxygen atoms in total. The van der Waals surface area contributed by atoms with Crippen molar-refractivity contribution in [1.82, 2.24) is 20.3 Å². The number of ether oxygens (including phenoxy) is 1. The largest absolute Gasteiger partial charge is 0.464 e. The molecule has 0 spiro atoms. The van der Waals surface area contributed by atoms with Gasteiger partial charge in [0.15, 0.2) is 0 Å². The molecule has 0 saturated carbocycles. The van der Waals surface area contributed by atoms with E-state index in [0.29, 0.717) is 25.6 Å². The van der Waals surface area contributed by atoms with Crippen LogP contribution >= 0.6 is 11.6 Å². The molecule has 19 heavy (non-hydrogen) atoms. The minimum absolute atomic E-state index is 0.0443. The molecule has 0 saturated heterocycles. The van der Waals surface area contributed by atoms with Gasteiger partial charge in [-0.25, -0.2) is 0 Å². The predicted octanol–water partition coefficient (Wildman–Crippen LogP) is 0.886. The van der Waals surface area contributed by atoms with Gasteiger partial charge in [-0.3, -0.25) is 4.79 Å². The molecule has 0 aliphatic rings. The fourth-order valence-corrected chi connectivity index (χ4v) is 1.56. The van der Waals surface area contributed by atoms with Crippen LogP contribution in [0.2, 0.25) is 5.28 Å². The summed E-state index contributed by atoms with van der Waals surface area (Å²) in [5.74, 6) is 0.232. The van der Waals surface area contributed by atoms with Crippen molar-refractivity contribution in [3.8, 4) is 6.01 Å². The first-order chi connectivity index (χ1) is 9.10. The van der Waals surface area contributed by atoms with Gasteiger partial charge in [0.2, 0.25) is 17.1 Å². The number of hydrogen-bond acceptors (Lipinski definition) is 6. The number of anilines is 1. The highest BCUT2D eigenvalue weighted by Gasteiger charge is 2.15. The van der Waals surface area contributed by atoms with Crippen molar-refractivity contribution in [3.63, 3.8) is 0 Å². The van der Waals surface area contributed by atoms with E-state index in [1.165, 1.54) is 0 Å². The zero-order valence-corrected chi connectivity index (χ0v) is 12.1. The number of amides is 1. The van der Waals surface area contributed by atoms with Crippen molar-refractivity contribution in [2.45, 2.75) is 20.8 Å². The van der Waals surface area contributed by atoms with E-state index in [2.05, 4.69) is 20.3 Å². The summed E-state index contributed by atoms with van der Waals surface area (Å²) in [7, 11) is 0. The SMILES string of the molecule is CCNC(=O)CN(CC)c1nc(Cl)nc(OCC)n1. The summed E-state index contributed by atoms with van der Waals surface area (Å²) in [6.45, 7) is 7.34. The molecule has 0 radical (unpaired) electrons. The van der Waals surface area contributed by atoms with Crippen LogP contribution in [-0.4, -0.2) is 47.1 Å². The second-order valence-corrected chi connectivity index (χ2v) is 3.93. The molecule has 0 aliphatic carbocycles. The number of nitrogens with zero attached hydrogens (tertiary/aromatic N) is 4. The van der Waals surface area contributed by atoms with Gasteiger partial charge >= 0.3 is 6.01 Å². The monoisotopic (exact) mass is 287 g/mol. The average Bonchev–Trinajstić information content (AvgIpc) is 2.36. The molecule has 1 heterocycles. The van der Waals surface area contributed by atoms with E-state index in [4.69, 9.17) is 16.3 Å². The number of hydrogen-bond donors (Lipinski definition) is 1. The van der Waals surface area contributed by atoms with E-state index < -0.39 is 0 Å². The molecule has 1 aromatic heterocycles. The lowest BCUT2D eigenvalue weighted by Gasteiger charge is -2.20. The molecule has 0 unspecified atom stereocenters. The summed E-state index contributed by atoms with van der Waals surface area (Å²) in [5.41, 5.74) is 0. The minimum atomic E-state index is -0.0983. The van der Waals surface area contributed by atoms with Gasteiger partial charge in [0.05, 0.1) is 13.2 Å². The Bertz CT molecular complexity index is 430. The molecule has 1 rings (SSSR count). The molecule has 1 N–H and O–H groups in total. The van der Waals surface area contributed by atoms with Gasteiger partial charge < -0.3 is 15.0 Å². The van der Waals surface area contributed by atoms with Gasteiger partial charge in [-0.2, -0.15) is 15.0 Å². The third-order valence-corrected chi connectivity index (χ3v) is 2.39. The van der Waals surface area contributed by atoms with Crippen molar-refractivity contribution in [3.05, 3.63) is 5.28 Å². The molecule has 0 bridgehead atoms. The quantitative estimate of drug-likeness (QED) is 0.802. The van der Waals surface area contributed by atoms with E-state index in [1.807, 2.05) is 20.8 Å². The molecule has 1 amide bonds. The van der Waals surface area contributed by atoms with Crippen molar-refractivity contribution in [1.29, 1.82) is 0 Å². The van der Waals surface area contributed by atoms with Crippen LogP contribution in [0.1, 0.15) is 20.8 Å². The molecule has 0 atom stereocenters. The van der Waals surface area contributed by atoms with Crippen LogP contribution in [0.25, 0.3) is 0 Å². The van der Waals surface area contributed by atoms with E-state index in [0.717, 1.165) is 0 Å². The fraction of sp³-hybridized carbons (Fsp3) is 0.636. The summed E-state index contributed by atoms with van der Waals surface area (Å²) in [4.78, 5) is 25.3. The number of aromatic nitrogens is 3. The third-order valence-electron chi connectivity index (χ3n) is 2.22. The van der Waals surface area contributed by atoms with Crippen LogP contribution in [0.3, 0.4) is 0 Å². The molecule has 0 fully saturated rings. The van der Waals surface area contributed by atoms with Crippen molar-refractivity contribution in [2.75, 3.05) is 31.1 Å². The highest BCUT2D eigenvalue weighted by molar-refractivity contribution is 6.28. The summed E-state index contributed by atoms with van der Waals surface area (Å²) >= 11 is 5.82. The minimum Gasteiger partial charge on any atom is -0.464 e. The second kappa shape index (κ2) is 7.73. The summed E-state index contributed by atoms with van der Waals surface area (Å²) in [6, 6.07) is 0.159. The van der Waals surface area contributed by atoms with Crippen LogP contribution in [0.4, 0.5) is 5.95 Å². The summed E-state index contributed by atoms with van der Waals surface area (Å²) in [5, 5.41) is 2.76. The zero-order chi connectivity index (χ0) is 14.3. The van der Waals surface area contributed by atoms with Crippen molar-refractivity contribution < 1.29 is 9.53 Å². The first kappa shape index (κ1) is 15.4. The maximum atomic E-state index is 11.6. The lowest BCUT2D eigenvalue weighted by molar-refractivity contribution is -0.119. The van der Waals surface area contributed by atoms with E-state index >= 15 is 0 Å². The van der Waals surface area contributed by atoms with Gasteiger partial charge in [0.1, 0.15) is 0 Å². The first-order valence-corrected chi connectivity index (χ1v) is 6.54. The smallest absolute Gasteiger partial charge is 0.322 e. The topological polar surface area (TPSA) is 80.2 Å². The number of rotatable bonds is 7. The third kappa shape index (κ3) is 4.86. The normalized spacial score (nSPS) is 10.1.